The number of rotatable bonds is 4. The van der Waals surface area contributed by atoms with E-state index < -0.39 is 0 Å². The molecule has 0 saturated carbocycles. The predicted octanol–water partition coefficient (Wildman–Crippen LogP) is 2.52. The summed E-state index contributed by atoms with van der Waals surface area (Å²) in [6.07, 6.45) is 3.76. The lowest BCUT2D eigenvalue weighted by Gasteiger charge is -2.31. The van der Waals surface area contributed by atoms with Crippen molar-refractivity contribution in [3.8, 4) is 0 Å². The average Bonchev–Trinajstić information content (AvgIpc) is 3.15. The molecule has 2 N–H and O–H groups in total. The molecule has 1 aromatic carbocycles. The highest BCUT2D eigenvalue weighted by Gasteiger charge is 2.24. The van der Waals surface area contributed by atoms with Crippen LogP contribution in [0, 0.1) is 0 Å². The molecule has 1 saturated heterocycles. The number of thioether (sulfide) groups is 1. The summed E-state index contributed by atoms with van der Waals surface area (Å²) in [6, 6.07) is 8.25. The van der Waals surface area contributed by atoms with Gasteiger partial charge in [0.2, 0.25) is 5.95 Å². The average molecular weight is 424 g/mol. The fourth-order valence-electron chi connectivity index (χ4n) is 4.20. The lowest BCUT2D eigenvalue weighted by Crippen LogP contribution is -2.44. The van der Waals surface area contributed by atoms with Crippen LogP contribution in [-0.4, -0.2) is 43.5 Å². The van der Waals surface area contributed by atoms with E-state index in [1.807, 2.05) is 29.7 Å². The first-order valence-corrected chi connectivity index (χ1v) is 11.4. The highest BCUT2D eigenvalue weighted by molar-refractivity contribution is 8.13. The third-order valence-electron chi connectivity index (χ3n) is 5.70. The third-order valence-corrected chi connectivity index (χ3v) is 6.71. The van der Waals surface area contributed by atoms with E-state index in [9.17, 15) is 4.79 Å². The molecule has 4 heterocycles. The number of hydrogen-bond donors (Lipinski definition) is 1. The lowest BCUT2D eigenvalue weighted by molar-refractivity contribution is 0.494. The largest absolute Gasteiger partial charge is 0.341 e. The molecule has 0 amide bonds. The monoisotopic (exact) mass is 423 g/mol. The number of hydrogen-bond acceptors (Lipinski definition) is 7. The number of anilines is 1. The minimum atomic E-state index is -0.128. The van der Waals surface area contributed by atoms with Gasteiger partial charge >= 0.3 is 0 Å². The predicted molar refractivity (Wildman–Crippen MR) is 122 cm³/mol. The molecule has 1 unspecified atom stereocenters. The fraction of sp³-hybridized carbons (Fsp3) is 0.429. The van der Waals surface area contributed by atoms with Crippen LogP contribution in [0.3, 0.4) is 0 Å². The zero-order valence-corrected chi connectivity index (χ0v) is 17.8. The summed E-state index contributed by atoms with van der Waals surface area (Å²) >= 11 is 1.66. The molecule has 1 atom stereocenters. The number of nitrogens with zero attached hydrogens (tertiary/aromatic N) is 6. The van der Waals surface area contributed by atoms with Crippen molar-refractivity contribution in [2.45, 2.75) is 44.6 Å². The molecule has 2 aromatic heterocycles. The van der Waals surface area contributed by atoms with Crippen molar-refractivity contribution in [2.24, 2.45) is 10.7 Å². The van der Waals surface area contributed by atoms with Crippen molar-refractivity contribution in [1.29, 1.82) is 0 Å². The van der Waals surface area contributed by atoms with Gasteiger partial charge in [0, 0.05) is 31.4 Å². The van der Waals surface area contributed by atoms with E-state index in [1.54, 1.807) is 18.0 Å². The number of fused-ring (bicyclic) bond motifs is 2. The quantitative estimate of drug-likeness (QED) is 0.693. The molecular formula is C21H25N7OS. The van der Waals surface area contributed by atoms with Gasteiger partial charge in [0.15, 0.2) is 0 Å². The van der Waals surface area contributed by atoms with E-state index in [0.29, 0.717) is 24.1 Å². The summed E-state index contributed by atoms with van der Waals surface area (Å²) in [5.41, 5.74) is 9.47. The van der Waals surface area contributed by atoms with Gasteiger partial charge in [0.05, 0.1) is 23.5 Å². The van der Waals surface area contributed by atoms with Crippen LogP contribution in [0.5, 0.6) is 0 Å². The Morgan fingerprint density at radius 2 is 2.17 bits per heavy atom. The van der Waals surface area contributed by atoms with E-state index in [1.165, 1.54) is 10.2 Å². The van der Waals surface area contributed by atoms with E-state index >= 15 is 0 Å². The minimum absolute atomic E-state index is 0.128. The van der Waals surface area contributed by atoms with E-state index in [4.69, 9.17) is 15.7 Å². The molecule has 0 aliphatic carbocycles. The van der Waals surface area contributed by atoms with Crippen molar-refractivity contribution in [2.75, 3.05) is 18.0 Å². The summed E-state index contributed by atoms with van der Waals surface area (Å²) in [4.78, 5) is 25.0. The highest BCUT2D eigenvalue weighted by atomic mass is 32.2. The van der Waals surface area contributed by atoms with Crippen molar-refractivity contribution in [1.82, 2.24) is 19.3 Å². The van der Waals surface area contributed by atoms with E-state index in [0.717, 1.165) is 48.4 Å². The Balaban J connectivity index is 1.51. The van der Waals surface area contributed by atoms with Gasteiger partial charge in [-0.2, -0.15) is 5.10 Å². The summed E-state index contributed by atoms with van der Waals surface area (Å²) < 4.78 is 3.50. The molecule has 1 fully saturated rings. The molecule has 156 valence electrons. The Morgan fingerprint density at radius 3 is 3.00 bits per heavy atom. The number of imidazole rings is 1. The molecule has 3 aromatic rings. The van der Waals surface area contributed by atoms with Crippen LogP contribution in [0.1, 0.15) is 25.3 Å². The second kappa shape index (κ2) is 7.88. The van der Waals surface area contributed by atoms with Crippen LogP contribution in [0.15, 0.2) is 40.2 Å². The number of aliphatic imine (C=N–C) groups is 1. The van der Waals surface area contributed by atoms with Crippen molar-refractivity contribution in [3.05, 3.63) is 46.4 Å². The van der Waals surface area contributed by atoms with Crippen LogP contribution in [0.25, 0.3) is 11.0 Å². The maximum Gasteiger partial charge on any atom is 0.293 e. The molecule has 0 spiro atoms. The Labute approximate surface area is 178 Å². The first kappa shape index (κ1) is 19.3. The normalized spacial score (nSPS) is 19.1. The highest BCUT2D eigenvalue weighted by Crippen LogP contribution is 2.31. The Bertz CT molecular complexity index is 1180. The SMILES string of the molecule is CCn1c(N2CCCC(N)C2)nc2cnn(CC3=Nc4ccccc4CS3)c(=O)c21. The zero-order valence-electron chi connectivity index (χ0n) is 17.0. The number of nitrogens with two attached hydrogens (primary N) is 1. The first-order valence-electron chi connectivity index (χ1n) is 10.4. The smallest absolute Gasteiger partial charge is 0.293 e. The maximum atomic E-state index is 13.3. The Hall–Kier alpha value is -2.65. The molecule has 9 heteroatoms. The van der Waals surface area contributed by atoms with Crippen LogP contribution in [0.2, 0.25) is 0 Å². The number of piperidine rings is 1. The van der Waals surface area contributed by atoms with E-state index in [-0.39, 0.29) is 11.6 Å². The summed E-state index contributed by atoms with van der Waals surface area (Å²) in [5.74, 6) is 1.68. The molecule has 0 bridgehead atoms. The number of aromatic nitrogens is 4. The number of aryl methyl sites for hydroxylation is 1. The zero-order chi connectivity index (χ0) is 20.7. The Morgan fingerprint density at radius 1 is 1.30 bits per heavy atom. The molecular weight excluding hydrogens is 398 g/mol. The van der Waals surface area contributed by atoms with Crippen LogP contribution < -0.4 is 16.2 Å². The van der Waals surface area contributed by atoms with Gasteiger partial charge in [0.25, 0.3) is 5.56 Å². The maximum absolute atomic E-state index is 13.3. The van der Waals surface area contributed by atoms with Gasteiger partial charge in [0.1, 0.15) is 11.0 Å². The topological polar surface area (TPSA) is 94.3 Å². The van der Waals surface area contributed by atoms with Crippen molar-refractivity contribution < 1.29 is 0 Å². The van der Waals surface area contributed by atoms with Crippen LogP contribution in [-0.2, 0) is 18.8 Å². The van der Waals surface area contributed by atoms with Gasteiger partial charge in [-0.25, -0.2) is 14.7 Å². The summed E-state index contributed by atoms with van der Waals surface area (Å²) in [5, 5.41) is 5.29. The molecule has 2 aliphatic rings. The standard InChI is InChI=1S/C21H25N7OS/c1-2-27-19-17(25-21(27)26-9-5-7-15(22)11-26)10-23-28(20(19)29)12-18-24-16-8-4-3-6-14(16)13-30-18/h3-4,6,8,10,15H,2,5,7,9,11-13,22H2,1H3. The second-order valence-corrected chi connectivity index (χ2v) is 8.82. The third kappa shape index (κ3) is 3.41. The van der Waals surface area contributed by atoms with Gasteiger partial charge in [-0.05, 0) is 31.4 Å². The van der Waals surface area contributed by atoms with E-state index in [2.05, 4.69) is 16.1 Å². The molecule has 0 radical (unpaired) electrons. The number of para-hydroxylation sites is 1. The number of benzene rings is 1. The fourth-order valence-corrected chi connectivity index (χ4v) is 5.14. The lowest BCUT2D eigenvalue weighted by atomic mass is 10.1. The summed E-state index contributed by atoms with van der Waals surface area (Å²) in [7, 11) is 0. The minimum Gasteiger partial charge on any atom is -0.341 e. The second-order valence-electron chi connectivity index (χ2n) is 7.77. The summed E-state index contributed by atoms with van der Waals surface area (Å²) in [6.45, 7) is 4.74. The van der Waals surface area contributed by atoms with Gasteiger partial charge in [-0.1, -0.05) is 18.2 Å². The van der Waals surface area contributed by atoms with Gasteiger partial charge in [-0.15, -0.1) is 11.8 Å². The van der Waals surface area contributed by atoms with Crippen molar-refractivity contribution >= 4 is 39.5 Å². The molecule has 8 nitrogen and oxygen atoms in total. The molecule has 30 heavy (non-hydrogen) atoms. The molecule has 2 aliphatic heterocycles. The Kier molecular flexibility index (Phi) is 5.08. The first-order chi connectivity index (χ1) is 14.6. The van der Waals surface area contributed by atoms with Crippen LogP contribution >= 0.6 is 11.8 Å². The van der Waals surface area contributed by atoms with Crippen molar-refractivity contribution in [3.63, 3.8) is 0 Å². The van der Waals surface area contributed by atoms with Crippen LogP contribution in [0.4, 0.5) is 11.6 Å². The van der Waals surface area contributed by atoms with Gasteiger partial charge in [-0.3, -0.25) is 4.79 Å². The molecule has 5 rings (SSSR count). The van der Waals surface area contributed by atoms with Gasteiger partial charge < -0.3 is 15.2 Å².